The van der Waals surface area contributed by atoms with Gasteiger partial charge in [0.1, 0.15) is 6.26 Å². The number of anilines is 1. The third-order valence-electron chi connectivity index (χ3n) is 1.98. The molecular formula is C11H9IN2O2. The number of benzene rings is 1. The standard InChI is InChI=1S/C11H9IN2O2/c12-9-3-1-8(2-4-9)7-11(15)13-10-5-6-16-14-10/h1-6H,7H2,(H,13,14,15). The molecule has 0 aliphatic heterocycles. The van der Waals surface area contributed by atoms with Crippen LogP contribution in [0.4, 0.5) is 5.82 Å². The second-order valence-electron chi connectivity index (χ2n) is 3.24. The summed E-state index contributed by atoms with van der Waals surface area (Å²) in [5, 5.41) is 6.24. The molecule has 0 aliphatic rings. The van der Waals surface area contributed by atoms with Crippen LogP contribution in [0, 0.1) is 3.57 Å². The van der Waals surface area contributed by atoms with Crippen molar-refractivity contribution in [1.82, 2.24) is 5.16 Å². The normalized spacial score (nSPS) is 10.1. The molecule has 1 aromatic heterocycles. The summed E-state index contributed by atoms with van der Waals surface area (Å²) in [4.78, 5) is 11.6. The Kier molecular flexibility index (Phi) is 3.55. The smallest absolute Gasteiger partial charge is 0.230 e. The number of aromatic nitrogens is 1. The Hall–Kier alpha value is -1.37. The Morgan fingerprint density at radius 3 is 2.69 bits per heavy atom. The summed E-state index contributed by atoms with van der Waals surface area (Å²) in [5.74, 6) is 0.339. The zero-order chi connectivity index (χ0) is 11.4. The number of nitrogens with zero attached hydrogens (tertiary/aromatic N) is 1. The Morgan fingerprint density at radius 1 is 1.31 bits per heavy atom. The molecule has 0 atom stereocenters. The lowest BCUT2D eigenvalue weighted by Gasteiger charge is -2.01. The highest BCUT2D eigenvalue weighted by molar-refractivity contribution is 14.1. The van der Waals surface area contributed by atoms with Gasteiger partial charge in [-0.15, -0.1) is 0 Å². The predicted molar refractivity (Wildman–Crippen MR) is 68.0 cm³/mol. The third-order valence-corrected chi connectivity index (χ3v) is 2.70. The maximum atomic E-state index is 11.6. The van der Waals surface area contributed by atoms with E-state index in [-0.39, 0.29) is 5.91 Å². The fourth-order valence-corrected chi connectivity index (χ4v) is 1.61. The van der Waals surface area contributed by atoms with Crippen LogP contribution in [0.2, 0.25) is 0 Å². The first-order valence-electron chi connectivity index (χ1n) is 4.69. The second-order valence-corrected chi connectivity index (χ2v) is 4.48. The van der Waals surface area contributed by atoms with E-state index in [9.17, 15) is 4.79 Å². The molecule has 16 heavy (non-hydrogen) atoms. The number of amides is 1. The van der Waals surface area contributed by atoms with Gasteiger partial charge in [-0.2, -0.15) is 0 Å². The van der Waals surface area contributed by atoms with Crippen LogP contribution in [0.25, 0.3) is 0 Å². The van der Waals surface area contributed by atoms with Gasteiger partial charge in [-0.1, -0.05) is 17.3 Å². The van der Waals surface area contributed by atoms with Crippen molar-refractivity contribution in [3.63, 3.8) is 0 Å². The number of hydrogen-bond acceptors (Lipinski definition) is 3. The van der Waals surface area contributed by atoms with Crippen LogP contribution in [-0.2, 0) is 11.2 Å². The van der Waals surface area contributed by atoms with Gasteiger partial charge in [-0.25, -0.2) is 0 Å². The van der Waals surface area contributed by atoms with Gasteiger partial charge in [0.25, 0.3) is 0 Å². The zero-order valence-corrected chi connectivity index (χ0v) is 10.5. The van der Waals surface area contributed by atoms with Gasteiger partial charge in [-0.3, -0.25) is 4.79 Å². The lowest BCUT2D eigenvalue weighted by atomic mass is 10.1. The number of carbonyl (C=O) groups excluding carboxylic acids is 1. The van der Waals surface area contributed by atoms with Crippen LogP contribution in [0.1, 0.15) is 5.56 Å². The molecule has 0 saturated carbocycles. The van der Waals surface area contributed by atoms with E-state index in [4.69, 9.17) is 0 Å². The first kappa shape index (κ1) is 11.1. The van der Waals surface area contributed by atoms with E-state index in [0.29, 0.717) is 12.2 Å². The maximum absolute atomic E-state index is 11.6. The summed E-state index contributed by atoms with van der Waals surface area (Å²) in [6, 6.07) is 9.42. The van der Waals surface area contributed by atoms with E-state index < -0.39 is 0 Å². The molecule has 5 heteroatoms. The summed E-state index contributed by atoms with van der Waals surface area (Å²) in [7, 11) is 0. The summed E-state index contributed by atoms with van der Waals surface area (Å²) in [5.41, 5.74) is 0.974. The lowest BCUT2D eigenvalue weighted by molar-refractivity contribution is -0.115. The summed E-state index contributed by atoms with van der Waals surface area (Å²) < 4.78 is 5.77. The van der Waals surface area contributed by atoms with Gasteiger partial charge in [0.05, 0.1) is 6.42 Å². The molecule has 0 bridgehead atoms. The first-order valence-corrected chi connectivity index (χ1v) is 5.76. The van der Waals surface area contributed by atoms with Crippen LogP contribution in [0.5, 0.6) is 0 Å². The number of rotatable bonds is 3. The van der Waals surface area contributed by atoms with E-state index in [1.165, 1.54) is 6.26 Å². The number of carbonyl (C=O) groups is 1. The Bertz CT molecular complexity index is 465. The first-order chi connectivity index (χ1) is 7.74. The molecule has 1 amide bonds. The summed E-state index contributed by atoms with van der Waals surface area (Å²) in [6.45, 7) is 0. The quantitative estimate of drug-likeness (QED) is 0.881. The van der Waals surface area contributed by atoms with E-state index in [2.05, 4.69) is 37.6 Å². The molecule has 1 heterocycles. The summed E-state index contributed by atoms with van der Waals surface area (Å²) in [6.07, 6.45) is 1.75. The molecule has 2 rings (SSSR count). The van der Waals surface area contributed by atoms with E-state index in [0.717, 1.165) is 9.13 Å². The van der Waals surface area contributed by atoms with Crippen molar-refractivity contribution in [3.05, 3.63) is 45.7 Å². The monoisotopic (exact) mass is 328 g/mol. The van der Waals surface area contributed by atoms with Gasteiger partial charge in [0, 0.05) is 9.64 Å². The molecule has 1 aromatic carbocycles. The molecule has 0 unspecified atom stereocenters. The number of nitrogens with one attached hydrogen (secondary N) is 1. The van der Waals surface area contributed by atoms with Crippen molar-refractivity contribution in [2.24, 2.45) is 0 Å². The largest absolute Gasteiger partial charge is 0.363 e. The third kappa shape index (κ3) is 3.06. The van der Waals surface area contributed by atoms with Crippen LogP contribution in [0.3, 0.4) is 0 Å². The van der Waals surface area contributed by atoms with Crippen LogP contribution in [-0.4, -0.2) is 11.1 Å². The van der Waals surface area contributed by atoms with Crippen LogP contribution < -0.4 is 5.32 Å². The Morgan fingerprint density at radius 2 is 2.06 bits per heavy atom. The minimum Gasteiger partial charge on any atom is -0.363 e. The van der Waals surface area contributed by atoms with Gasteiger partial charge >= 0.3 is 0 Å². The topological polar surface area (TPSA) is 55.1 Å². The summed E-state index contributed by atoms with van der Waals surface area (Å²) >= 11 is 2.23. The maximum Gasteiger partial charge on any atom is 0.230 e. The zero-order valence-electron chi connectivity index (χ0n) is 8.31. The fraction of sp³-hybridized carbons (Fsp3) is 0.0909. The molecule has 4 nitrogen and oxygen atoms in total. The van der Waals surface area contributed by atoms with Crippen molar-refractivity contribution < 1.29 is 9.32 Å². The fourth-order valence-electron chi connectivity index (χ4n) is 1.25. The van der Waals surface area contributed by atoms with Crippen molar-refractivity contribution in [2.45, 2.75) is 6.42 Å². The average Bonchev–Trinajstić information content (AvgIpc) is 2.74. The molecule has 0 spiro atoms. The van der Waals surface area contributed by atoms with Gasteiger partial charge < -0.3 is 9.84 Å². The van der Waals surface area contributed by atoms with Crippen molar-refractivity contribution in [2.75, 3.05) is 5.32 Å². The highest BCUT2D eigenvalue weighted by atomic mass is 127. The van der Waals surface area contributed by atoms with E-state index >= 15 is 0 Å². The number of halogens is 1. The SMILES string of the molecule is O=C(Cc1ccc(I)cc1)Nc1ccon1. The minimum absolute atomic E-state index is 0.102. The second kappa shape index (κ2) is 5.11. The molecule has 2 aromatic rings. The highest BCUT2D eigenvalue weighted by Gasteiger charge is 2.05. The van der Waals surface area contributed by atoms with Crippen molar-refractivity contribution in [3.8, 4) is 0 Å². The Labute approximate surface area is 106 Å². The lowest BCUT2D eigenvalue weighted by Crippen LogP contribution is -2.14. The van der Waals surface area contributed by atoms with Gasteiger partial charge in [0.15, 0.2) is 5.82 Å². The minimum atomic E-state index is -0.102. The highest BCUT2D eigenvalue weighted by Crippen LogP contribution is 2.08. The van der Waals surface area contributed by atoms with E-state index in [1.54, 1.807) is 6.07 Å². The number of hydrogen-bond donors (Lipinski definition) is 1. The Balaban J connectivity index is 1.95. The molecule has 0 saturated heterocycles. The average molecular weight is 328 g/mol. The van der Waals surface area contributed by atoms with Crippen LogP contribution >= 0.6 is 22.6 Å². The van der Waals surface area contributed by atoms with Crippen LogP contribution in [0.15, 0.2) is 41.1 Å². The molecule has 82 valence electrons. The predicted octanol–water partition coefficient (Wildman–Crippen LogP) is 2.46. The molecular weight excluding hydrogens is 319 g/mol. The van der Waals surface area contributed by atoms with E-state index in [1.807, 2.05) is 24.3 Å². The van der Waals surface area contributed by atoms with Crippen molar-refractivity contribution >= 4 is 34.3 Å². The molecule has 0 fully saturated rings. The van der Waals surface area contributed by atoms with Crippen molar-refractivity contribution in [1.29, 1.82) is 0 Å². The molecule has 0 radical (unpaired) electrons. The van der Waals surface area contributed by atoms with Gasteiger partial charge in [-0.05, 0) is 40.3 Å². The van der Waals surface area contributed by atoms with Gasteiger partial charge in [0.2, 0.25) is 5.91 Å². The molecule has 0 aliphatic carbocycles. The molecule has 1 N–H and O–H groups in total.